The van der Waals surface area contributed by atoms with Crippen LogP contribution in [0.4, 0.5) is 0 Å². The topological polar surface area (TPSA) is 32.3 Å². The molecule has 0 unspecified atom stereocenters. The summed E-state index contributed by atoms with van der Waals surface area (Å²) in [6, 6.07) is 7.63. The standard InChI is InChI=1S/C14H19ClN2O/c1-17(10-11-6-2-3-7-12(11)15)14(18)13-8-4-5-9-16-13/h2-3,6-7,13,16H,4-5,8-10H2,1H3/t13-/m1/s1. The first-order chi connectivity index (χ1) is 8.68. The van der Waals surface area contributed by atoms with Crippen molar-refractivity contribution in [1.82, 2.24) is 10.2 Å². The highest BCUT2D eigenvalue weighted by molar-refractivity contribution is 6.31. The fraction of sp³-hybridized carbons (Fsp3) is 0.500. The van der Waals surface area contributed by atoms with Crippen molar-refractivity contribution in [2.75, 3.05) is 13.6 Å². The molecule has 1 saturated heterocycles. The van der Waals surface area contributed by atoms with Crippen LogP contribution in [-0.4, -0.2) is 30.4 Å². The van der Waals surface area contributed by atoms with Crippen molar-refractivity contribution in [3.05, 3.63) is 34.9 Å². The number of amides is 1. The Labute approximate surface area is 113 Å². The van der Waals surface area contributed by atoms with Gasteiger partial charge in [-0.15, -0.1) is 0 Å². The Morgan fingerprint density at radius 3 is 2.89 bits per heavy atom. The number of piperidine rings is 1. The summed E-state index contributed by atoms with van der Waals surface area (Å²) in [6.07, 6.45) is 3.23. The SMILES string of the molecule is CN(Cc1ccccc1Cl)C(=O)[C@H]1CCCCN1. The summed E-state index contributed by atoms with van der Waals surface area (Å²) in [6.45, 7) is 1.51. The molecule has 18 heavy (non-hydrogen) atoms. The molecule has 1 aromatic carbocycles. The molecule has 0 bridgehead atoms. The molecule has 3 nitrogen and oxygen atoms in total. The summed E-state index contributed by atoms with van der Waals surface area (Å²) < 4.78 is 0. The van der Waals surface area contributed by atoms with Crippen LogP contribution in [-0.2, 0) is 11.3 Å². The molecule has 1 aromatic rings. The minimum Gasteiger partial charge on any atom is -0.340 e. The number of benzene rings is 1. The van der Waals surface area contributed by atoms with Crippen molar-refractivity contribution < 1.29 is 4.79 Å². The first kappa shape index (κ1) is 13.4. The molecule has 0 radical (unpaired) electrons. The Bertz CT molecular complexity index is 416. The lowest BCUT2D eigenvalue weighted by Gasteiger charge is -2.27. The van der Waals surface area contributed by atoms with E-state index in [1.165, 1.54) is 0 Å². The highest BCUT2D eigenvalue weighted by atomic mass is 35.5. The summed E-state index contributed by atoms with van der Waals surface area (Å²) >= 11 is 6.11. The number of carbonyl (C=O) groups is 1. The monoisotopic (exact) mass is 266 g/mol. The largest absolute Gasteiger partial charge is 0.340 e. The number of likely N-dealkylation sites (N-methyl/N-ethyl adjacent to an activating group) is 1. The van der Waals surface area contributed by atoms with Crippen molar-refractivity contribution in [1.29, 1.82) is 0 Å². The number of nitrogens with one attached hydrogen (secondary N) is 1. The molecule has 1 heterocycles. The van der Waals surface area contributed by atoms with Crippen LogP contribution in [0.2, 0.25) is 5.02 Å². The van der Waals surface area contributed by atoms with Gasteiger partial charge in [-0.05, 0) is 31.0 Å². The van der Waals surface area contributed by atoms with Crippen LogP contribution < -0.4 is 5.32 Å². The predicted molar refractivity (Wildman–Crippen MR) is 73.6 cm³/mol. The molecule has 1 aliphatic rings. The van der Waals surface area contributed by atoms with Gasteiger partial charge in [0, 0.05) is 18.6 Å². The maximum atomic E-state index is 12.2. The van der Waals surface area contributed by atoms with Crippen LogP contribution in [0.25, 0.3) is 0 Å². The van der Waals surface area contributed by atoms with Gasteiger partial charge in [-0.25, -0.2) is 0 Å². The molecule has 0 saturated carbocycles. The van der Waals surface area contributed by atoms with Gasteiger partial charge >= 0.3 is 0 Å². The van der Waals surface area contributed by atoms with Crippen molar-refractivity contribution in [2.24, 2.45) is 0 Å². The van der Waals surface area contributed by atoms with Crippen LogP contribution in [0.1, 0.15) is 24.8 Å². The van der Waals surface area contributed by atoms with E-state index >= 15 is 0 Å². The molecule has 1 aliphatic heterocycles. The molecule has 2 rings (SSSR count). The van der Waals surface area contributed by atoms with E-state index in [-0.39, 0.29) is 11.9 Å². The number of nitrogens with zero attached hydrogens (tertiary/aromatic N) is 1. The molecule has 0 aliphatic carbocycles. The molecule has 1 atom stereocenters. The second-order valence-corrected chi connectivity index (χ2v) is 5.20. The average Bonchev–Trinajstić information content (AvgIpc) is 2.41. The van der Waals surface area contributed by atoms with Gasteiger partial charge in [0.15, 0.2) is 0 Å². The van der Waals surface area contributed by atoms with Crippen LogP contribution in [0.15, 0.2) is 24.3 Å². The van der Waals surface area contributed by atoms with Crippen LogP contribution in [0.5, 0.6) is 0 Å². The van der Waals surface area contributed by atoms with E-state index in [0.29, 0.717) is 11.6 Å². The Balaban J connectivity index is 1.96. The Kier molecular flexibility index (Phi) is 4.61. The van der Waals surface area contributed by atoms with Crippen molar-refractivity contribution >= 4 is 17.5 Å². The van der Waals surface area contributed by atoms with Crippen LogP contribution in [0, 0.1) is 0 Å². The zero-order chi connectivity index (χ0) is 13.0. The zero-order valence-electron chi connectivity index (χ0n) is 10.7. The summed E-state index contributed by atoms with van der Waals surface area (Å²) in [7, 11) is 1.84. The van der Waals surface area contributed by atoms with Gasteiger partial charge in [0.05, 0.1) is 6.04 Å². The number of hydrogen-bond acceptors (Lipinski definition) is 2. The molecule has 1 N–H and O–H groups in total. The van der Waals surface area contributed by atoms with E-state index in [1.54, 1.807) is 4.90 Å². The zero-order valence-corrected chi connectivity index (χ0v) is 11.4. The number of carbonyl (C=O) groups excluding carboxylic acids is 1. The van der Waals surface area contributed by atoms with Gasteiger partial charge < -0.3 is 10.2 Å². The fourth-order valence-corrected chi connectivity index (χ4v) is 2.48. The molecule has 1 fully saturated rings. The highest BCUT2D eigenvalue weighted by Gasteiger charge is 2.23. The third-order valence-corrected chi connectivity index (χ3v) is 3.72. The minimum atomic E-state index is -0.0220. The van der Waals surface area contributed by atoms with Crippen molar-refractivity contribution in [3.63, 3.8) is 0 Å². The first-order valence-electron chi connectivity index (χ1n) is 6.40. The predicted octanol–water partition coefficient (Wildman–Crippen LogP) is 2.44. The molecular weight excluding hydrogens is 248 g/mol. The summed E-state index contributed by atoms with van der Waals surface area (Å²) in [5.41, 5.74) is 0.992. The molecule has 0 aromatic heterocycles. The van der Waals surface area contributed by atoms with E-state index in [4.69, 9.17) is 11.6 Å². The Morgan fingerprint density at radius 2 is 2.22 bits per heavy atom. The lowest BCUT2D eigenvalue weighted by Crippen LogP contribution is -2.47. The number of halogens is 1. The van der Waals surface area contributed by atoms with Crippen molar-refractivity contribution in [3.8, 4) is 0 Å². The molecular formula is C14H19ClN2O. The van der Waals surface area contributed by atoms with Gasteiger partial charge in [0.2, 0.25) is 5.91 Å². The average molecular weight is 267 g/mol. The maximum Gasteiger partial charge on any atom is 0.239 e. The lowest BCUT2D eigenvalue weighted by molar-refractivity contribution is -0.133. The summed E-state index contributed by atoms with van der Waals surface area (Å²) in [5.74, 6) is 0.162. The van der Waals surface area contributed by atoms with Crippen LogP contribution >= 0.6 is 11.6 Å². The fourth-order valence-electron chi connectivity index (χ4n) is 2.29. The maximum absolute atomic E-state index is 12.2. The van der Waals surface area contributed by atoms with Gasteiger partial charge in [0.25, 0.3) is 0 Å². The summed E-state index contributed by atoms with van der Waals surface area (Å²) in [5, 5.41) is 3.99. The third-order valence-electron chi connectivity index (χ3n) is 3.35. The van der Waals surface area contributed by atoms with E-state index in [1.807, 2.05) is 31.3 Å². The van der Waals surface area contributed by atoms with Gasteiger partial charge in [-0.2, -0.15) is 0 Å². The van der Waals surface area contributed by atoms with Crippen LogP contribution in [0.3, 0.4) is 0 Å². The second-order valence-electron chi connectivity index (χ2n) is 4.79. The van der Waals surface area contributed by atoms with Gasteiger partial charge in [-0.3, -0.25) is 4.79 Å². The van der Waals surface area contributed by atoms with E-state index in [2.05, 4.69) is 5.32 Å². The number of hydrogen-bond donors (Lipinski definition) is 1. The van der Waals surface area contributed by atoms with E-state index in [0.717, 1.165) is 31.4 Å². The molecule has 1 amide bonds. The van der Waals surface area contributed by atoms with Crippen molar-refractivity contribution in [2.45, 2.75) is 31.8 Å². The van der Waals surface area contributed by atoms with Gasteiger partial charge in [0.1, 0.15) is 0 Å². The lowest BCUT2D eigenvalue weighted by atomic mass is 10.0. The first-order valence-corrected chi connectivity index (χ1v) is 6.78. The molecule has 4 heteroatoms. The molecule has 0 spiro atoms. The second kappa shape index (κ2) is 6.21. The summed E-state index contributed by atoms with van der Waals surface area (Å²) in [4.78, 5) is 14.0. The highest BCUT2D eigenvalue weighted by Crippen LogP contribution is 2.17. The Morgan fingerprint density at radius 1 is 1.44 bits per heavy atom. The van der Waals surface area contributed by atoms with E-state index in [9.17, 15) is 4.79 Å². The normalized spacial score (nSPS) is 19.6. The Hall–Kier alpha value is -1.06. The van der Waals surface area contributed by atoms with E-state index < -0.39 is 0 Å². The minimum absolute atomic E-state index is 0.0220. The van der Waals surface area contributed by atoms with Gasteiger partial charge in [-0.1, -0.05) is 36.2 Å². The smallest absolute Gasteiger partial charge is 0.239 e. The third kappa shape index (κ3) is 3.24. The molecule has 98 valence electrons. The number of rotatable bonds is 3. The quantitative estimate of drug-likeness (QED) is 0.911.